The van der Waals surface area contributed by atoms with E-state index in [0.29, 0.717) is 6.61 Å². The summed E-state index contributed by atoms with van der Waals surface area (Å²) in [5, 5.41) is 1.08. The number of aryl methyl sites for hydroxylation is 2. The van der Waals surface area contributed by atoms with Gasteiger partial charge in [0, 0.05) is 6.07 Å². The molecule has 0 saturated heterocycles. The number of hydrogen-bond donors (Lipinski definition) is 0. The molecule has 0 aliphatic heterocycles. The lowest BCUT2D eigenvalue weighted by atomic mass is 10.3. The van der Waals surface area contributed by atoms with Crippen molar-refractivity contribution in [2.45, 2.75) is 20.5 Å². The highest BCUT2D eigenvalue weighted by Gasteiger charge is 2.05. The molecule has 1 aromatic carbocycles. The summed E-state index contributed by atoms with van der Waals surface area (Å²) >= 11 is 1.68. The maximum atomic E-state index is 5.72. The largest absolute Gasteiger partial charge is 0.497 e. The fraction of sp³-hybridized carbons (Fsp3) is 0.308. The summed E-state index contributed by atoms with van der Waals surface area (Å²) in [6.45, 7) is 4.57. The number of aromatic nitrogens is 1. The number of hydrogen-bond acceptors (Lipinski definition) is 4. The average molecular weight is 249 g/mol. The van der Waals surface area contributed by atoms with Crippen LogP contribution in [0.5, 0.6) is 11.5 Å². The van der Waals surface area contributed by atoms with Crippen molar-refractivity contribution in [2.24, 2.45) is 0 Å². The number of rotatable bonds is 4. The molecule has 17 heavy (non-hydrogen) atoms. The first-order chi connectivity index (χ1) is 8.19. The lowest BCUT2D eigenvalue weighted by molar-refractivity contribution is 0.306. The van der Waals surface area contributed by atoms with Crippen LogP contribution in [0.15, 0.2) is 24.3 Å². The molecule has 0 saturated carbocycles. The molecule has 0 N–H and O–H groups in total. The first kappa shape index (κ1) is 11.9. The van der Waals surface area contributed by atoms with Crippen LogP contribution in [0, 0.1) is 13.8 Å². The van der Waals surface area contributed by atoms with Crippen molar-refractivity contribution < 1.29 is 9.47 Å². The van der Waals surface area contributed by atoms with E-state index in [9.17, 15) is 0 Å². The molecule has 4 heteroatoms. The molecule has 0 aliphatic carbocycles. The molecule has 1 heterocycles. The normalized spacial score (nSPS) is 10.3. The van der Waals surface area contributed by atoms with Gasteiger partial charge in [-0.05, 0) is 26.0 Å². The summed E-state index contributed by atoms with van der Waals surface area (Å²) in [6, 6.07) is 7.61. The Bertz CT molecular complexity index is 508. The molecule has 0 amide bonds. The molecule has 2 aromatic rings. The number of nitrogens with zero attached hydrogens (tertiary/aromatic N) is 1. The van der Waals surface area contributed by atoms with Crippen LogP contribution in [0.1, 0.15) is 15.6 Å². The SMILES string of the molecule is COc1cccc(OCc2sc(C)nc2C)c1. The third-order valence-electron chi connectivity index (χ3n) is 2.41. The zero-order chi connectivity index (χ0) is 12.3. The zero-order valence-corrected chi connectivity index (χ0v) is 11.0. The minimum Gasteiger partial charge on any atom is -0.497 e. The van der Waals surface area contributed by atoms with E-state index in [-0.39, 0.29) is 0 Å². The Kier molecular flexibility index (Phi) is 3.64. The van der Waals surface area contributed by atoms with Gasteiger partial charge < -0.3 is 9.47 Å². The fourth-order valence-electron chi connectivity index (χ4n) is 1.55. The maximum absolute atomic E-state index is 5.72. The third-order valence-corrected chi connectivity index (χ3v) is 3.46. The highest BCUT2D eigenvalue weighted by Crippen LogP contribution is 2.22. The second-order valence-corrected chi connectivity index (χ2v) is 5.00. The monoisotopic (exact) mass is 249 g/mol. The maximum Gasteiger partial charge on any atom is 0.124 e. The van der Waals surface area contributed by atoms with E-state index in [4.69, 9.17) is 9.47 Å². The number of benzene rings is 1. The highest BCUT2D eigenvalue weighted by molar-refractivity contribution is 7.11. The average Bonchev–Trinajstić information content (AvgIpc) is 2.65. The van der Waals surface area contributed by atoms with Crippen molar-refractivity contribution in [3.05, 3.63) is 39.8 Å². The van der Waals surface area contributed by atoms with Crippen LogP contribution in [0.25, 0.3) is 0 Å². The Morgan fingerprint density at radius 3 is 2.65 bits per heavy atom. The number of methoxy groups -OCH3 is 1. The third kappa shape index (κ3) is 2.97. The van der Waals surface area contributed by atoms with Gasteiger partial charge in [0.25, 0.3) is 0 Å². The Morgan fingerprint density at radius 1 is 1.24 bits per heavy atom. The van der Waals surface area contributed by atoms with E-state index in [1.165, 1.54) is 4.88 Å². The molecule has 0 radical (unpaired) electrons. The minimum atomic E-state index is 0.560. The van der Waals surface area contributed by atoms with Gasteiger partial charge in [-0.2, -0.15) is 0 Å². The van der Waals surface area contributed by atoms with Gasteiger partial charge in [0.2, 0.25) is 0 Å². The van der Waals surface area contributed by atoms with Crippen LogP contribution in [0.2, 0.25) is 0 Å². The molecule has 0 fully saturated rings. The second-order valence-electron chi connectivity index (χ2n) is 3.71. The molecule has 0 atom stereocenters. The van der Waals surface area contributed by atoms with Gasteiger partial charge >= 0.3 is 0 Å². The smallest absolute Gasteiger partial charge is 0.124 e. The molecule has 0 unspecified atom stereocenters. The Hall–Kier alpha value is -1.55. The molecule has 3 nitrogen and oxygen atoms in total. The quantitative estimate of drug-likeness (QED) is 0.832. The predicted molar refractivity (Wildman–Crippen MR) is 68.9 cm³/mol. The molecule has 1 aromatic heterocycles. The summed E-state index contributed by atoms with van der Waals surface area (Å²) in [5.74, 6) is 1.62. The van der Waals surface area contributed by atoms with Gasteiger partial charge in [0.1, 0.15) is 18.1 Å². The van der Waals surface area contributed by atoms with Crippen LogP contribution in [-0.4, -0.2) is 12.1 Å². The lowest BCUT2D eigenvalue weighted by Gasteiger charge is -2.06. The molecule has 0 aliphatic rings. The van der Waals surface area contributed by atoms with Crippen LogP contribution < -0.4 is 9.47 Å². The van der Waals surface area contributed by atoms with E-state index >= 15 is 0 Å². The van der Waals surface area contributed by atoms with E-state index < -0.39 is 0 Å². The molecule has 2 rings (SSSR count). The van der Waals surface area contributed by atoms with Gasteiger partial charge in [0.15, 0.2) is 0 Å². The number of ether oxygens (including phenoxy) is 2. The van der Waals surface area contributed by atoms with Crippen molar-refractivity contribution >= 4 is 11.3 Å². The molecule has 0 spiro atoms. The van der Waals surface area contributed by atoms with Crippen molar-refractivity contribution in [1.82, 2.24) is 4.98 Å². The van der Waals surface area contributed by atoms with Gasteiger partial charge in [-0.25, -0.2) is 4.98 Å². The van der Waals surface area contributed by atoms with E-state index in [2.05, 4.69) is 4.98 Å². The minimum absolute atomic E-state index is 0.560. The highest BCUT2D eigenvalue weighted by atomic mass is 32.1. The van der Waals surface area contributed by atoms with Crippen molar-refractivity contribution in [1.29, 1.82) is 0 Å². The van der Waals surface area contributed by atoms with Crippen molar-refractivity contribution in [2.75, 3.05) is 7.11 Å². The van der Waals surface area contributed by atoms with Crippen LogP contribution in [0.4, 0.5) is 0 Å². The van der Waals surface area contributed by atoms with Crippen molar-refractivity contribution in [3.63, 3.8) is 0 Å². The number of thiazole rings is 1. The first-order valence-electron chi connectivity index (χ1n) is 5.39. The zero-order valence-electron chi connectivity index (χ0n) is 10.2. The topological polar surface area (TPSA) is 31.4 Å². The van der Waals surface area contributed by atoms with Gasteiger partial charge in [-0.15, -0.1) is 11.3 Å². The summed E-state index contributed by atoms with van der Waals surface area (Å²) in [6.07, 6.45) is 0. The van der Waals surface area contributed by atoms with Crippen LogP contribution >= 0.6 is 11.3 Å². The van der Waals surface area contributed by atoms with Gasteiger partial charge in [-0.1, -0.05) is 6.07 Å². The molecular formula is C13H15NO2S. The Morgan fingerprint density at radius 2 is 2.00 bits per heavy atom. The van der Waals surface area contributed by atoms with Gasteiger partial charge in [-0.3, -0.25) is 0 Å². The fourth-order valence-corrected chi connectivity index (χ4v) is 2.40. The first-order valence-corrected chi connectivity index (χ1v) is 6.20. The standard InChI is InChI=1S/C13H15NO2S/c1-9-13(17-10(2)14-9)8-16-12-6-4-5-11(7-12)15-3/h4-7H,8H2,1-3H3. The molecule has 0 bridgehead atoms. The second kappa shape index (κ2) is 5.19. The van der Waals surface area contributed by atoms with Gasteiger partial charge in [0.05, 0.1) is 22.7 Å². The van der Waals surface area contributed by atoms with E-state index in [0.717, 1.165) is 22.2 Å². The lowest BCUT2D eigenvalue weighted by Crippen LogP contribution is -1.95. The molecular weight excluding hydrogens is 234 g/mol. The summed E-state index contributed by atoms with van der Waals surface area (Å²) in [4.78, 5) is 5.54. The van der Waals surface area contributed by atoms with E-state index in [1.54, 1.807) is 18.4 Å². The summed E-state index contributed by atoms with van der Waals surface area (Å²) in [5.41, 5.74) is 1.05. The summed E-state index contributed by atoms with van der Waals surface area (Å²) in [7, 11) is 1.65. The summed E-state index contributed by atoms with van der Waals surface area (Å²) < 4.78 is 10.9. The Balaban J connectivity index is 2.04. The predicted octanol–water partition coefficient (Wildman–Crippen LogP) is 3.35. The van der Waals surface area contributed by atoms with Crippen LogP contribution in [0.3, 0.4) is 0 Å². The van der Waals surface area contributed by atoms with Crippen LogP contribution in [-0.2, 0) is 6.61 Å². The molecule has 90 valence electrons. The van der Waals surface area contributed by atoms with Crippen molar-refractivity contribution in [3.8, 4) is 11.5 Å². The van der Waals surface area contributed by atoms with E-state index in [1.807, 2.05) is 38.1 Å². The Labute approximate surface area is 105 Å².